The molecule has 0 unspecified atom stereocenters. The Hall–Kier alpha value is -3.92. The van der Waals surface area contributed by atoms with Gasteiger partial charge in [0.15, 0.2) is 4.80 Å². The number of rotatable bonds is 7. The average Bonchev–Trinajstić information content (AvgIpc) is 3.53. The number of aromatic nitrogens is 5. The van der Waals surface area contributed by atoms with Crippen LogP contribution >= 0.6 is 11.3 Å². The number of carbonyl (C=O) groups excluding carboxylic acids is 2. The maximum Gasteiger partial charge on any atom is 0.356 e. The van der Waals surface area contributed by atoms with Crippen molar-refractivity contribution in [2.45, 2.75) is 47.6 Å². The zero-order valence-corrected chi connectivity index (χ0v) is 22.4. The Morgan fingerprint density at radius 3 is 2.35 bits per heavy atom. The first-order valence-corrected chi connectivity index (χ1v) is 13.0. The lowest BCUT2D eigenvalue weighted by atomic mass is 9.96. The summed E-state index contributed by atoms with van der Waals surface area (Å²) in [6.45, 7) is 9.87. The number of aryl methyl sites for hydroxylation is 1. The van der Waals surface area contributed by atoms with Crippen LogP contribution in [0.2, 0.25) is 0 Å². The minimum Gasteiger partial charge on any atom is -0.461 e. The molecule has 1 amide bonds. The number of ether oxygens (including phenoxy) is 1. The number of nitrogens with one attached hydrogen (secondary N) is 1. The van der Waals surface area contributed by atoms with E-state index in [9.17, 15) is 9.59 Å². The molecule has 2 aromatic heterocycles. The van der Waals surface area contributed by atoms with Crippen LogP contribution in [0, 0.1) is 5.41 Å². The lowest BCUT2D eigenvalue weighted by Gasteiger charge is -2.13. The monoisotopic (exact) mass is 518 g/mol. The molecule has 2 heterocycles. The number of amides is 1. The summed E-state index contributed by atoms with van der Waals surface area (Å²) in [6, 6.07) is 15.9. The third-order valence-corrected chi connectivity index (χ3v) is 6.95. The van der Waals surface area contributed by atoms with Crippen molar-refractivity contribution in [3.8, 4) is 22.5 Å². The molecule has 0 aliphatic heterocycles. The number of tetrazole rings is 1. The minimum atomic E-state index is -0.633. The highest BCUT2D eigenvalue weighted by atomic mass is 32.1. The Morgan fingerprint density at radius 1 is 1.05 bits per heavy atom. The summed E-state index contributed by atoms with van der Waals surface area (Å²) in [5.41, 5.74) is 3.61. The predicted molar refractivity (Wildman–Crippen MR) is 142 cm³/mol. The normalized spacial score (nSPS) is 12.1. The molecule has 0 spiro atoms. The molecule has 0 saturated carbocycles. The van der Waals surface area contributed by atoms with Crippen molar-refractivity contribution in [3.05, 3.63) is 69.5 Å². The number of nitrogens with zero attached hydrogens (tertiary/aromatic N) is 5. The van der Waals surface area contributed by atoms with Gasteiger partial charge in [0, 0.05) is 15.9 Å². The molecule has 0 saturated heterocycles. The van der Waals surface area contributed by atoms with Crippen LogP contribution in [-0.2, 0) is 22.5 Å². The zero-order chi connectivity index (χ0) is 26.6. The Kier molecular flexibility index (Phi) is 7.77. The topological polar surface area (TPSA) is 115 Å². The molecule has 37 heavy (non-hydrogen) atoms. The molecule has 0 fully saturated rings. The fraction of sp³-hybridized carbons (Fsp3) is 0.333. The molecule has 0 aliphatic rings. The van der Waals surface area contributed by atoms with E-state index in [4.69, 9.17) is 4.74 Å². The Balaban J connectivity index is 1.75. The SMILES string of the molecule is CCOC(=O)c1c(CC)sc(=NC(=O)C(C)(C)C)n1Cc1ccc(-c2ccccc2-c2nn[nH]n2)cc1. The Bertz CT molecular complexity index is 1460. The summed E-state index contributed by atoms with van der Waals surface area (Å²) < 4.78 is 7.16. The molecule has 0 atom stereocenters. The summed E-state index contributed by atoms with van der Waals surface area (Å²) in [6.07, 6.45) is 0.629. The van der Waals surface area contributed by atoms with Gasteiger partial charge in [-0.2, -0.15) is 10.2 Å². The lowest BCUT2D eigenvalue weighted by molar-refractivity contribution is -0.125. The second kappa shape index (κ2) is 11.0. The quantitative estimate of drug-likeness (QED) is 0.356. The van der Waals surface area contributed by atoms with Gasteiger partial charge < -0.3 is 9.30 Å². The highest BCUT2D eigenvalue weighted by Gasteiger charge is 2.24. The van der Waals surface area contributed by atoms with Crippen molar-refractivity contribution in [2.24, 2.45) is 10.4 Å². The van der Waals surface area contributed by atoms with Crippen LogP contribution in [0.4, 0.5) is 0 Å². The van der Waals surface area contributed by atoms with E-state index in [0.717, 1.165) is 27.1 Å². The van der Waals surface area contributed by atoms with E-state index in [1.165, 1.54) is 11.3 Å². The minimum absolute atomic E-state index is 0.242. The molecule has 1 N–H and O–H groups in total. The molecule has 2 aromatic carbocycles. The third-order valence-electron chi connectivity index (χ3n) is 5.73. The van der Waals surface area contributed by atoms with Crippen LogP contribution in [0.1, 0.15) is 55.5 Å². The smallest absolute Gasteiger partial charge is 0.356 e. The summed E-state index contributed by atoms with van der Waals surface area (Å²) in [4.78, 5) is 31.5. The Morgan fingerprint density at radius 2 is 1.76 bits per heavy atom. The van der Waals surface area contributed by atoms with Crippen LogP contribution in [0.15, 0.2) is 53.5 Å². The first-order chi connectivity index (χ1) is 17.7. The number of esters is 1. The lowest BCUT2D eigenvalue weighted by Crippen LogP contribution is -2.26. The Labute approximate surface area is 219 Å². The molecule has 192 valence electrons. The van der Waals surface area contributed by atoms with E-state index in [0.29, 0.717) is 29.3 Å². The van der Waals surface area contributed by atoms with Crippen molar-refractivity contribution in [2.75, 3.05) is 6.61 Å². The number of thiazole rings is 1. The van der Waals surface area contributed by atoms with Crippen LogP contribution in [0.3, 0.4) is 0 Å². The molecule has 4 rings (SSSR count). The number of hydrogen-bond acceptors (Lipinski definition) is 7. The number of benzene rings is 2. The molecule has 0 aliphatic carbocycles. The summed E-state index contributed by atoms with van der Waals surface area (Å²) in [7, 11) is 0. The number of aromatic amines is 1. The first kappa shape index (κ1) is 26.2. The van der Waals surface area contributed by atoms with Gasteiger partial charge in [0.25, 0.3) is 5.91 Å². The van der Waals surface area contributed by atoms with Gasteiger partial charge in [-0.1, -0.05) is 76.2 Å². The van der Waals surface area contributed by atoms with Crippen molar-refractivity contribution in [1.82, 2.24) is 25.2 Å². The van der Waals surface area contributed by atoms with E-state index in [-0.39, 0.29) is 12.5 Å². The maximum absolute atomic E-state index is 12.9. The van der Waals surface area contributed by atoms with Gasteiger partial charge in [0.2, 0.25) is 5.82 Å². The highest BCUT2D eigenvalue weighted by Crippen LogP contribution is 2.30. The van der Waals surface area contributed by atoms with Crippen LogP contribution in [0.25, 0.3) is 22.5 Å². The van der Waals surface area contributed by atoms with Gasteiger partial charge in [-0.05, 0) is 35.2 Å². The standard InChI is InChI=1S/C27H30N6O3S/c1-6-21-22(24(34)36-7-2)33(26(37-21)28-25(35)27(3,4)5)16-17-12-14-18(15-13-17)19-10-8-9-11-20(19)23-29-31-32-30-23/h8-15H,6-7,16H2,1-5H3,(H,29,30,31,32). The van der Waals surface area contributed by atoms with Gasteiger partial charge in [-0.25, -0.2) is 4.79 Å². The molecular weight excluding hydrogens is 488 g/mol. The van der Waals surface area contributed by atoms with Crippen LogP contribution in [0.5, 0.6) is 0 Å². The third kappa shape index (κ3) is 5.75. The van der Waals surface area contributed by atoms with E-state index in [2.05, 4.69) is 25.6 Å². The highest BCUT2D eigenvalue weighted by molar-refractivity contribution is 7.09. The van der Waals surface area contributed by atoms with E-state index >= 15 is 0 Å². The maximum atomic E-state index is 12.9. The number of carbonyl (C=O) groups is 2. The zero-order valence-electron chi connectivity index (χ0n) is 21.6. The van der Waals surface area contributed by atoms with Crippen molar-refractivity contribution in [3.63, 3.8) is 0 Å². The molecule has 4 aromatic rings. The van der Waals surface area contributed by atoms with Gasteiger partial charge in [0.1, 0.15) is 5.69 Å². The van der Waals surface area contributed by atoms with Gasteiger partial charge in [-0.15, -0.1) is 21.5 Å². The summed E-state index contributed by atoms with van der Waals surface area (Å²) >= 11 is 1.36. The van der Waals surface area contributed by atoms with Crippen molar-refractivity contribution < 1.29 is 14.3 Å². The molecule has 10 heteroatoms. The number of hydrogen-bond donors (Lipinski definition) is 1. The van der Waals surface area contributed by atoms with E-state index in [1.807, 2.05) is 76.2 Å². The fourth-order valence-electron chi connectivity index (χ4n) is 3.79. The molecule has 0 bridgehead atoms. The van der Waals surface area contributed by atoms with Gasteiger partial charge in [0.05, 0.1) is 13.2 Å². The summed E-state index contributed by atoms with van der Waals surface area (Å²) in [5.74, 6) is -0.130. The molecular formula is C27H30N6O3S. The fourth-order valence-corrected chi connectivity index (χ4v) is 4.83. The predicted octanol–water partition coefficient (Wildman–Crippen LogP) is 4.66. The summed E-state index contributed by atoms with van der Waals surface area (Å²) in [5, 5.41) is 14.4. The van der Waals surface area contributed by atoms with Crippen molar-refractivity contribution >= 4 is 23.2 Å². The second-order valence-corrected chi connectivity index (χ2v) is 10.5. The van der Waals surface area contributed by atoms with Crippen LogP contribution in [-0.4, -0.2) is 43.7 Å². The number of H-pyrrole nitrogens is 1. The van der Waals surface area contributed by atoms with E-state index < -0.39 is 11.4 Å². The second-order valence-electron chi connectivity index (χ2n) is 9.46. The van der Waals surface area contributed by atoms with Crippen LogP contribution < -0.4 is 4.80 Å². The first-order valence-electron chi connectivity index (χ1n) is 12.1. The molecule has 0 radical (unpaired) electrons. The largest absolute Gasteiger partial charge is 0.461 e. The van der Waals surface area contributed by atoms with Gasteiger partial charge >= 0.3 is 5.97 Å². The van der Waals surface area contributed by atoms with Crippen molar-refractivity contribution in [1.29, 1.82) is 0 Å². The van der Waals surface area contributed by atoms with Gasteiger partial charge in [-0.3, -0.25) is 4.79 Å². The molecule has 9 nitrogen and oxygen atoms in total. The average molecular weight is 519 g/mol. The van der Waals surface area contributed by atoms with E-state index in [1.54, 1.807) is 11.5 Å².